The maximum absolute atomic E-state index is 6.02. The van der Waals surface area contributed by atoms with Crippen LogP contribution in [0.25, 0.3) is 22.3 Å². The predicted octanol–water partition coefficient (Wildman–Crippen LogP) is 7.60. The minimum Gasteiger partial charge on any atom is -0.356 e. The van der Waals surface area contributed by atoms with Crippen molar-refractivity contribution in [1.82, 2.24) is 24.5 Å². The number of fused-ring (bicyclic) bond motifs is 1. The highest BCUT2D eigenvalue weighted by molar-refractivity contribution is 9.10. The number of halogens is 1. The molecule has 7 rings (SSSR count). The molecule has 6 nitrogen and oxygen atoms in total. The number of hydrogen-bond acceptors (Lipinski definition) is 4. The zero-order chi connectivity index (χ0) is 26.9. The van der Waals surface area contributed by atoms with Crippen molar-refractivity contribution in [2.45, 2.75) is 31.0 Å². The van der Waals surface area contributed by atoms with Gasteiger partial charge in [0, 0.05) is 17.6 Å². The van der Waals surface area contributed by atoms with Crippen LogP contribution in [0.2, 0.25) is 0 Å². The van der Waals surface area contributed by atoms with Gasteiger partial charge in [-0.3, -0.25) is 0 Å². The van der Waals surface area contributed by atoms with Crippen LogP contribution >= 0.6 is 15.9 Å². The highest BCUT2D eigenvalue weighted by Crippen LogP contribution is 2.41. The smallest absolute Gasteiger partial charge is 0.181 e. The largest absolute Gasteiger partial charge is 0.356 e. The maximum Gasteiger partial charge on any atom is 0.181 e. The Morgan fingerprint density at radius 1 is 0.750 bits per heavy atom. The highest BCUT2D eigenvalue weighted by Gasteiger charge is 2.39. The molecule has 1 aliphatic rings. The molecule has 1 atom stereocenters. The molecule has 198 valence electrons. The molecule has 6 aromatic rings. The van der Waals surface area contributed by atoms with Gasteiger partial charge in [-0.05, 0) is 70.1 Å². The van der Waals surface area contributed by atoms with Gasteiger partial charge >= 0.3 is 0 Å². The zero-order valence-electron chi connectivity index (χ0n) is 21.9. The summed E-state index contributed by atoms with van der Waals surface area (Å²) in [4.78, 5) is 4.85. The second-order valence-corrected chi connectivity index (χ2v) is 10.9. The van der Waals surface area contributed by atoms with E-state index in [-0.39, 0.29) is 6.23 Å². The lowest BCUT2D eigenvalue weighted by Crippen LogP contribution is -2.38. The van der Waals surface area contributed by atoms with Gasteiger partial charge in [0.1, 0.15) is 16.5 Å². The van der Waals surface area contributed by atoms with E-state index in [9.17, 15) is 0 Å². The first-order valence-corrected chi connectivity index (χ1v) is 14.4. The van der Waals surface area contributed by atoms with E-state index < -0.39 is 5.54 Å². The second kappa shape index (κ2) is 10.5. The van der Waals surface area contributed by atoms with Crippen LogP contribution < -0.4 is 0 Å². The van der Waals surface area contributed by atoms with E-state index in [0.717, 1.165) is 63.6 Å². The molecule has 4 aromatic carbocycles. The lowest BCUT2D eigenvalue weighted by atomic mass is 9.77. The van der Waals surface area contributed by atoms with Gasteiger partial charge < -0.3 is 4.74 Å². The average Bonchev–Trinajstić information content (AvgIpc) is 3.65. The van der Waals surface area contributed by atoms with Gasteiger partial charge in [-0.1, -0.05) is 91.0 Å². The fourth-order valence-electron chi connectivity index (χ4n) is 5.87. The van der Waals surface area contributed by atoms with Crippen LogP contribution in [0.1, 0.15) is 42.2 Å². The Balaban J connectivity index is 1.38. The van der Waals surface area contributed by atoms with Gasteiger partial charge in [-0.15, -0.1) is 5.10 Å². The van der Waals surface area contributed by atoms with E-state index >= 15 is 0 Å². The summed E-state index contributed by atoms with van der Waals surface area (Å²) in [6.07, 6.45) is 5.04. The van der Waals surface area contributed by atoms with E-state index in [2.05, 4.69) is 107 Å². The molecule has 1 fully saturated rings. The number of benzene rings is 4. The molecule has 0 saturated carbocycles. The van der Waals surface area contributed by atoms with Gasteiger partial charge in [-0.25, -0.2) is 14.3 Å². The highest BCUT2D eigenvalue weighted by atomic mass is 79.9. The van der Waals surface area contributed by atoms with Crippen LogP contribution in [0.3, 0.4) is 0 Å². The molecule has 0 radical (unpaired) electrons. The lowest BCUT2D eigenvalue weighted by molar-refractivity contribution is -0.0368. The Morgan fingerprint density at radius 2 is 1.38 bits per heavy atom. The van der Waals surface area contributed by atoms with Crippen molar-refractivity contribution in [2.24, 2.45) is 0 Å². The summed E-state index contributed by atoms with van der Waals surface area (Å²) in [5, 5.41) is 10.9. The quantitative estimate of drug-likeness (QED) is 0.188. The summed E-state index contributed by atoms with van der Waals surface area (Å²) < 4.78 is 10.8. The normalized spacial score (nSPS) is 15.9. The van der Waals surface area contributed by atoms with Crippen LogP contribution in [0, 0.1) is 0 Å². The Kier molecular flexibility index (Phi) is 6.54. The summed E-state index contributed by atoms with van der Waals surface area (Å²) in [7, 11) is 0. The van der Waals surface area contributed by atoms with E-state index in [1.165, 1.54) is 0 Å². The van der Waals surface area contributed by atoms with Crippen LogP contribution in [0.15, 0.2) is 120 Å². The number of aromatic nitrogens is 5. The van der Waals surface area contributed by atoms with Crippen LogP contribution in [0.5, 0.6) is 0 Å². The first-order chi connectivity index (χ1) is 19.7. The van der Waals surface area contributed by atoms with E-state index in [0.29, 0.717) is 5.82 Å². The zero-order valence-corrected chi connectivity index (χ0v) is 23.5. The van der Waals surface area contributed by atoms with E-state index in [4.69, 9.17) is 19.9 Å². The average molecular weight is 591 g/mol. The van der Waals surface area contributed by atoms with E-state index in [1.54, 1.807) is 0 Å². The van der Waals surface area contributed by atoms with E-state index in [1.807, 2.05) is 33.9 Å². The second-order valence-electron chi connectivity index (χ2n) is 10.1. The van der Waals surface area contributed by atoms with Gasteiger partial charge in [0.2, 0.25) is 0 Å². The molecule has 1 unspecified atom stereocenters. The van der Waals surface area contributed by atoms with Gasteiger partial charge in [-0.2, -0.15) is 5.10 Å². The van der Waals surface area contributed by atoms with Gasteiger partial charge in [0.15, 0.2) is 12.1 Å². The Labute approximate surface area is 241 Å². The van der Waals surface area contributed by atoms with Crippen molar-refractivity contribution in [3.8, 4) is 11.4 Å². The molecule has 0 amide bonds. The minimum absolute atomic E-state index is 0.0334. The Bertz CT molecular complexity index is 1650. The molecule has 0 spiro atoms. The van der Waals surface area contributed by atoms with Gasteiger partial charge in [0.05, 0.1) is 5.52 Å². The first-order valence-electron chi connectivity index (χ1n) is 13.6. The van der Waals surface area contributed by atoms with Crippen molar-refractivity contribution < 1.29 is 4.74 Å². The number of hydrogen-bond donors (Lipinski definition) is 0. The molecule has 7 heteroatoms. The maximum atomic E-state index is 6.02. The number of ether oxygens (including phenoxy) is 1. The summed E-state index contributed by atoms with van der Waals surface area (Å²) >= 11 is 3.69. The Hall–Kier alpha value is -4.07. The molecule has 0 bridgehead atoms. The summed E-state index contributed by atoms with van der Waals surface area (Å²) in [5.41, 5.74) is 4.58. The third-order valence-electron chi connectivity index (χ3n) is 7.76. The summed E-state index contributed by atoms with van der Waals surface area (Å²) in [6, 6.07) is 37.8. The molecule has 2 aromatic heterocycles. The van der Waals surface area contributed by atoms with Crippen LogP contribution in [-0.4, -0.2) is 31.2 Å². The summed E-state index contributed by atoms with van der Waals surface area (Å²) in [5.74, 6) is 0.655. The molecule has 3 heterocycles. The summed E-state index contributed by atoms with van der Waals surface area (Å²) in [6.45, 7) is 0.773. The SMILES string of the molecule is Brc1nn(C2CCCCO2)c2ccc(-c3ncn(C(c4ccccc4)(c4ccccc4)c4ccccc4)n3)cc12. The van der Waals surface area contributed by atoms with Crippen molar-refractivity contribution >= 4 is 26.8 Å². The van der Waals surface area contributed by atoms with Crippen molar-refractivity contribution in [3.05, 3.63) is 137 Å². The Morgan fingerprint density at radius 3 is 1.95 bits per heavy atom. The first kappa shape index (κ1) is 24.9. The molecule has 1 saturated heterocycles. The van der Waals surface area contributed by atoms with Crippen molar-refractivity contribution in [3.63, 3.8) is 0 Å². The number of rotatable bonds is 6. The fraction of sp³-hybridized carbons (Fsp3) is 0.182. The molecule has 40 heavy (non-hydrogen) atoms. The lowest BCUT2D eigenvalue weighted by Gasteiger charge is -2.35. The molecule has 0 N–H and O–H groups in total. The molecular formula is C33H28BrN5O. The standard InChI is InChI=1S/C33H28BrN5O/c34-31-28-22-24(19-20-29(28)39(36-31)30-18-10-11-21-40-30)32-35-23-38(37-32)33(25-12-4-1-5-13-25,26-14-6-2-7-15-26)27-16-8-3-9-17-27/h1-9,12-17,19-20,22-23,30H,10-11,18,21H2. The van der Waals surface area contributed by atoms with Crippen molar-refractivity contribution in [2.75, 3.05) is 6.61 Å². The molecule has 0 aliphatic carbocycles. The van der Waals surface area contributed by atoms with Crippen LogP contribution in [0.4, 0.5) is 0 Å². The topological polar surface area (TPSA) is 57.8 Å². The molecular weight excluding hydrogens is 562 g/mol. The monoisotopic (exact) mass is 589 g/mol. The number of nitrogens with zero attached hydrogens (tertiary/aromatic N) is 5. The van der Waals surface area contributed by atoms with Crippen LogP contribution in [-0.2, 0) is 10.3 Å². The third-order valence-corrected chi connectivity index (χ3v) is 8.34. The predicted molar refractivity (Wildman–Crippen MR) is 160 cm³/mol. The molecule has 1 aliphatic heterocycles. The van der Waals surface area contributed by atoms with Gasteiger partial charge in [0.25, 0.3) is 0 Å². The minimum atomic E-state index is -0.705. The van der Waals surface area contributed by atoms with Crippen molar-refractivity contribution in [1.29, 1.82) is 0 Å². The third kappa shape index (κ3) is 4.17. The fourth-order valence-corrected chi connectivity index (χ4v) is 6.36.